The molecule has 0 radical (unpaired) electrons. The van der Waals surface area contributed by atoms with Gasteiger partial charge in [0, 0.05) is 5.56 Å². The van der Waals surface area contributed by atoms with Crippen molar-refractivity contribution in [2.75, 3.05) is 0 Å². The van der Waals surface area contributed by atoms with E-state index in [0.717, 1.165) is 11.3 Å². The van der Waals surface area contributed by atoms with E-state index in [-0.39, 0.29) is 15.3 Å². The molecule has 2 rings (SSSR count). The van der Waals surface area contributed by atoms with Gasteiger partial charge in [-0.1, -0.05) is 12.1 Å². The number of aromatic carboxylic acids is 1. The molecule has 0 aliphatic carbocycles. The number of rotatable bonds is 2. The van der Waals surface area contributed by atoms with Crippen molar-refractivity contribution in [3.8, 4) is 10.6 Å². The van der Waals surface area contributed by atoms with Crippen molar-refractivity contribution < 1.29 is 14.3 Å². The molecule has 1 heterocycles. The SMILES string of the molecule is O=C(O)c1sc(-c2cccc(F)c2)nc1Br. The molecule has 6 heteroatoms. The van der Waals surface area contributed by atoms with Crippen LogP contribution in [0.25, 0.3) is 10.6 Å². The average Bonchev–Trinajstić information content (AvgIpc) is 2.60. The molecule has 0 unspecified atom stereocenters. The first-order valence-electron chi connectivity index (χ1n) is 4.23. The van der Waals surface area contributed by atoms with Gasteiger partial charge in [0.2, 0.25) is 0 Å². The Labute approximate surface area is 103 Å². The van der Waals surface area contributed by atoms with Crippen LogP contribution in [0, 0.1) is 5.82 Å². The Hall–Kier alpha value is -1.27. The zero-order valence-corrected chi connectivity index (χ0v) is 10.2. The predicted octanol–water partition coefficient (Wildman–Crippen LogP) is 3.41. The highest BCUT2D eigenvalue weighted by molar-refractivity contribution is 9.10. The molecule has 16 heavy (non-hydrogen) atoms. The van der Waals surface area contributed by atoms with Crippen molar-refractivity contribution in [1.29, 1.82) is 0 Å². The number of nitrogens with zero attached hydrogens (tertiary/aromatic N) is 1. The fraction of sp³-hybridized carbons (Fsp3) is 0. The molecule has 1 N–H and O–H groups in total. The third-order valence-corrected chi connectivity index (χ3v) is 3.78. The van der Waals surface area contributed by atoms with Crippen LogP contribution in [-0.2, 0) is 0 Å². The fourth-order valence-corrected chi connectivity index (χ4v) is 2.68. The number of benzene rings is 1. The summed E-state index contributed by atoms with van der Waals surface area (Å²) >= 11 is 4.06. The highest BCUT2D eigenvalue weighted by atomic mass is 79.9. The second-order valence-electron chi connectivity index (χ2n) is 2.95. The summed E-state index contributed by atoms with van der Waals surface area (Å²) in [5.41, 5.74) is 0.568. The zero-order valence-electron chi connectivity index (χ0n) is 7.78. The van der Waals surface area contributed by atoms with Gasteiger partial charge in [-0.2, -0.15) is 0 Å². The van der Waals surface area contributed by atoms with E-state index in [1.54, 1.807) is 12.1 Å². The number of carboxylic acids is 1. The molecule has 82 valence electrons. The summed E-state index contributed by atoms with van der Waals surface area (Å²) in [5, 5.41) is 9.32. The Bertz CT molecular complexity index is 556. The minimum atomic E-state index is -1.05. The van der Waals surface area contributed by atoms with E-state index < -0.39 is 5.97 Å². The van der Waals surface area contributed by atoms with Gasteiger partial charge in [-0.05, 0) is 28.1 Å². The molecule has 0 bridgehead atoms. The Balaban J connectivity index is 2.49. The summed E-state index contributed by atoms with van der Waals surface area (Å²) in [6.07, 6.45) is 0. The van der Waals surface area contributed by atoms with Gasteiger partial charge in [0.15, 0.2) is 0 Å². The van der Waals surface area contributed by atoms with Crippen molar-refractivity contribution in [3.63, 3.8) is 0 Å². The molecular weight excluding hydrogens is 297 g/mol. The van der Waals surface area contributed by atoms with Crippen molar-refractivity contribution >= 4 is 33.2 Å². The molecule has 0 fully saturated rings. The van der Waals surface area contributed by atoms with Gasteiger partial charge >= 0.3 is 5.97 Å². The molecule has 0 saturated carbocycles. The molecule has 2 aromatic rings. The number of carboxylic acid groups (broad SMARTS) is 1. The lowest BCUT2D eigenvalue weighted by molar-refractivity contribution is 0.0701. The van der Waals surface area contributed by atoms with Crippen molar-refractivity contribution in [3.05, 3.63) is 39.6 Å². The van der Waals surface area contributed by atoms with Gasteiger partial charge < -0.3 is 5.11 Å². The van der Waals surface area contributed by atoms with E-state index in [2.05, 4.69) is 20.9 Å². The Morgan fingerprint density at radius 2 is 2.25 bits per heavy atom. The molecule has 0 aliphatic heterocycles. The smallest absolute Gasteiger partial charge is 0.348 e. The zero-order chi connectivity index (χ0) is 11.7. The molecule has 0 atom stereocenters. The first-order chi connectivity index (χ1) is 7.58. The van der Waals surface area contributed by atoms with Gasteiger partial charge in [0.25, 0.3) is 0 Å². The van der Waals surface area contributed by atoms with E-state index in [4.69, 9.17) is 5.11 Å². The lowest BCUT2D eigenvalue weighted by atomic mass is 10.2. The molecule has 0 amide bonds. The maximum atomic E-state index is 13.0. The normalized spacial score (nSPS) is 10.4. The van der Waals surface area contributed by atoms with E-state index in [1.165, 1.54) is 12.1 Å². The van der Waals surface area contributed by atoms with E-state index >= 15 is 0 Å². The van der Waals surface area contributed by atoms with Gasteiger partial charge in [0.05, 0.1) is 0 Å². The van der Waals surface area contributed by atoms with Crippen molar-refractivity contribution in [2.45, 2.75) is 0 Å². The average molecular weight is 302 g/mol. The summed E-state index contributed by atoms with van der Waals surface area (Å²) in [4.78, 5) is 14.9. The summed E-state index contributed by atoms with van der Waals surface area (Å²) in [5.74, 6) is -1.42. The monoisotopic (exact) mass is 301 g/mol. The van der Waals surface area contributed by atoms with Crippen LogP contribution in [0.15, 0.2) is 28.9 Å². The maximum Gasteiger partial charge on any atom is 0.348 e. The quantitative estimate of drug-likeness (QED) is 0.925. The lowest BCUT2D eigenvalue weighted by Crippen LogP contribution is -1.91. The maximum absolute atomic E-state index is 13.0. The largest absolute Gasteiger partial charge is 0.477 e. The summed E-state index contributed by atoms with van der Waals surface area (Å²) in [7, 11) is 0. The van der Waals surface area contributed by atoms with Crippen LogP contribution < -0.4 is 0 Å². The van der Waals surface area contributed by atoms with Crippen LogP contribution >= 0.6 is 27.3 Å². The van der Waals surface area contributed by atoms with Crippen LogP contribution in [0.4, 0.5) is 4.39 Å². The van der Waals surface area contributed by atoms with Crippen LogP contribution in [0.2, 0.25) is 0 Å². The van der Waals surface area contributed by atoms with Crippen LogP contribution in [0.3, 0.4) is 0 Å². The second kappa shape index (κ2) is 4.31. The van der Waals surface area contributed by atoms with Crippen molar-refractivity contribution in [1.82, 2.24) is 4.98 Å². The van der Waals surface area contributed by atoms with Crippen LogP contribution in [0.5, 0.6) is 0 Å². The van der Waals surface area contributed by atoms with Gasteiger partial charge in [-0.25, -0.2) is 14.2 Å². The first-order valence-corrected chi connectivity index (χ1v) is 5.84. The van der Waals surface area contributed by atoms with Gasteiger partial charge in [0.1, 0.15) is 20.3 Å². The summed E-state index contributed by atoms with van der Waals surface area (Å²) in [6, 6.07) is 5.88. The third kappa shape index (κ3) is 2.12. The van der Waals surface area contributed by atoms with Crippen molar-refractivity contribution in [2.24, 2.45) is 0 Å². The Morgan fingerprint density at radius 3 is 2.81 bits per heavy atom. The minimum Gasteiger partial charge on any atom is -0.477 e. The number of hydrogen-bond donors (Lipinski definition) is 1. The number of hydrogen-bond acceptors (Lipinski definition) is 3. The molecule has 0 saturated heterocycles. The van der Waals surface area contributed by atoms with Gasteiger partial charge in [-0.3, -0.25) is 0 Å². The van der Waals surface area contributed by atoms with E-state index in [9.17, 15) is 9.18 Å². The number of halogens is 2. The van der Waals surface area contributed by atoms with E-state index in [0.29, 0.717) is 10.6 Å². The fourth-order valence-electron chi connectivity index (χ4n) is 1.18. The molecule has 0 aliphatic rings. The molecule has 3 nitrogen and oxygen atoms in total. The first kappa shape index (κ1) is 11.2. The summed E-state index contributed by atoms with van der Waals surface area (Å²) in [6.45, 7) is 0. The summed E-state index contributed by atoms with van der Waals surface area (Å²) < 4.78 is 13.2. The highest BCUT2D eigenvalue weighted by Crippen LogP contribution is 2.31. The minimum absolute atomic E-state index is 0.110. The Morgan fingerprint density at radius 1 is 1.50 bits per heavy atom. The number of thiazole rings is 1. The predicted molar refractivity (Wildman–Crippen MR) is 62.2 cm³/mol. The molecule has 1 aromatic heterocycles. The molecule has 0 spiro atoms. The Kier molecular flexibility index (Phi) is 3.02. The highest BCUT2D eigenvalue weighted by Gasteiger charge is 2.16. The lowest BCUT2D eigenvalue weighted by Gasteiger charge is -1.94. The van der Waals surface area contributed by atoms with E-state index in [1.807, 2.05) is 0 Å². The number of carbonyl (C=O) groups is 1. The second-order valence-corrected chi connectivity index (χ2v) is 4.70. The standard InChI is InChI=1S/C10H5BrFNO2S/c11-8-7(10(14)15)16-9(13-8)5-2-1-3-6(12)4-5/h1-4H,(H,14,15). The van der Waals surface area contributed by atoms with Gasteiger partial charge in [-0.15, -0.1) is 11.3 Å². The topological polar surface area (TPSA) is 50.2 Å². The number of aromatic nitrogens is 1. The van der Waals surface area contributed by atoms with Crippen LogP contribution in [-0.4, -0.2) is 16.1 Å². The third-order valence-electron chi connectivity index (χ3n) is 1.85. The van der Waals surface area contributed by atoms with Crippen LogP contribution in [0.1, 0.15) is 9.67 Å². The molecular formula is C10H5BrFNO2S. The molecule has 1 aromatic carbocycles.